The van der Waals surface area contributed by atoms with E-state index in [1.807, 2.05) is 11.4 Å². The van der Waals surface area contributed by atoms with E-state index in [0.717, 1.165) is 40.6 Å². The number of fused-ring (bicyclic) bond motifs is 1. The van der Waals surface area contributed by atoms with E-state index in [4.69, 9.17) is 15.1 Å². The number of benzene rings is 2. The van der Waals surface area contributed by atoms with Gasteiger partial charge >= 0.3 is 5.97 Å². The van der Waals surface area contributed by atoms with Crippen molar-refractivity contribution >= 4 is 28.8 Å². The molecule has 0 radical (unpaired) electrons. The van der Waals surface area contributed by atoms with E-state index in [1.54, 1.807) is 24.3 Å². The molecule has 142 valence electrons. The van der Waals surface area contributed by atoms with Crippen LogP contribution in [0.3, 0.4) is 0 Å². The van der Waals surface area contributed by atoms with Gasteiger partial charge in [0.2, 0.25) is 0 Å². The van der Waals surface area contributed by atoms with Crippen LogP contribution in [0.15, 0.2) is 58.9 Å². The number of anilines is 1. The zero-order valence-electron chi connectivity index (χ0n) is 15.8. The van der Waals surface area contributed by atoms with Crippen molar-refractivity contribution in [1.29, 1.82) is 0 Å². The van der Waals surface area contributed by atoms with Crippen LogP contribution in [0.4, 0.5) is 5.69 Å². The summed E-state index contributed by atoms with van der Waals surface area (Å²) in [4.78, 5) is 20.9. The molecule has 0 bridgehead atoms. The maximum Gasteiger partial charge on any atom is 0.335 e. The number of rotatable bonds is 5. The summed E-state index contributed by atoms with van der Waals surface area (Å²) in [6.45, 7) is 4.34. The van der Waals surface area contributed by atoms with Gasteiger partial charge in [-0.1, -0.05) is 44.2 Å². The number of aromatic nitrogens is 1. The second-order valence-corrected chi connectivity index (χ2v) is 7.65. The Balaban J connectivity index is 1.70. The maximum absolute atomic E-state index is 11.0. The lowest BCUT2D eigenvalue weighted by Gasteiger charge is -2.35. The van der Waals surface area contributed by atoms with Crippen LogP contribution in [0.1, 0.15) is 47.6 Å². The van der Waals surface area contributed by atoms with Crippen molar-refractivity contribution in [3.63, 3.8) is 0 Å². The van der Waals surface area contributed by atoms with Crippen LogP contribution in [0.5, 0.6) is 0 Å². The molecular formula is C22H21N3O2S. The smallest absolute Gasteiger partial charge is 0.335 e. The van der Waals surface area contributed by atoms with Crippen molar-refractivity contribution in [2.45, 2.75) is 32.2 Å². The highest BCUT2D eigenvalue weighted by Crippen LogP contribution is 2.41. The molecule has 3 aromatic rings. The number of carboxylic acids is 1. The number of thiazole rings is 1. The standard InChI is InChI=1S/C22H21N3O2S/c1-3-22(4-2)16-7-5-6-8-17(16)23-19(25-22)20-24-18(13-28-20)14-9-11-15(12-10-14)21(26)27/h5-13H,3-4H2,1-2H3,(H,23,25)(H,26,27). The highest BCUT2D eigenvalue weighted by molar-refractivity contribution is 7.12. The van der Waals surface area contributed by atoms with Gasteiger partial charge in [0.25, 0.3) is 0 Å². The van der Waals surface area contributed by atoms with Gasteiger partial charge in [-0.2, -0.15) is 0 Å². The Kier molecular flexibility index (Phi) is 4.73. The Morgan fingerprint density at radius 1 is 1.11 bits per heavy atom. The van der Waals surface area contributed by atoms with Gasteiger partial charge in [0.05, 0.1) is 16.8 Å². The van der Waals surface area contributed by atoms with Crippen molar-refractivity contribution in [2.24, 2.45) is 4.99 Å². The van der Waals surface area contributed by atoms with Gasteiger partial charge in [-0.3, -0.25) is 4.99 Å². The summed E-state index contributed by atoms with van der Waals surface area (Å²) in [6.07, 6.45) is 1.83. The zero-order valence-corrected chi connectivity index (χ0v) is 16.6. The first-order valence-corrected chi connectivity index (χ1v) is 10.2. The van der Waals surface area contributed by atoms with E-state index in [0.29, 0.717) is 0 Å². The third-order valence-corrected chi connectivity index (χ3v) is 6.16. The Hall–Kier alpha value is -2.99. The van der Waals surface area contributed by atoms with Crippen molar-refractivity contribution in [2.75, 3.05) is 5.32 Å². The number of para-hydroxylation sites is 1. The summed E-state index contributed by atoms with van der Waals surface area (Å²) < 4.78 is 0. The second-order valence-electron chi connectivity index (χ2n) is 6.79. The van der Waals surface area contributed by atoms with E-state index in [2.05, 4.69) is 37.4 Å². The lowest BCUT2D eigenvalue weighted by Crippen LogP contribution is -2.32. The first-order chi connectivity index (χ1) is 13.6. The molecule has 0 spiro atoms. The van der Waals surface area contributed by atoms with E-state index in [-0.39, 0.29) is 11.1 Å². The van der Waals surface area contributed by atoms with Crippen LogP contribution < -0.4 is 5.32 Å². The summed E-state index contributed by atoms with van der Waals surface area (Å²) in [6, 6.07) is 15.1. The molecule has 0 saturated carbocycles. The summed E-state index contributed by atoms with van der Waals surface area (Å²) in [5.74, 6) is -0.138. The molecule has 6 heteroatoms. The van der Waals surface area contributed by atoms with Gasteiger partial charge in [-0.25, -0.2) is 9.78 Å². The molecule has 0 unspecified atom stereocenters. The zero-order chi connectivity index (χ0) is 19.7. The molecule has 0 aliphatic carbocycles. The monoisotopic (exact) mass is 391 g/mol. The number of nitrogens with zero attached hydrogens (tertiary/aromatic N) is 2. The Bertz CT molecular complexity index is 1050. The van der Waals surface area contributed by atoms with E-state index in [9.17, 15) is 4.79 Å². The fourth-order valence-corrected chi connectivity index (χ4v) is 4.39. The summed E-state index contributed by atoms with van der Waals surface area (Å²) in [5, 5.41) is 15.3. The number of nitrogens with one attached hydrogen (secondary N) is 1. The van der Waals surface area contributed by atoms with E-state index < -0.39 is 5.97 Å². The van der Waals surface area contributed by atoms with Gasteiger partial charge in [-0.05, 0) is 31.0 Å². The maximum atomic E-state index is 11.0. The predicted molar refractivity (Wildman–Crippen MR) is 113 cm³/mol. The molecule has 2 heterocycles. The predicted octanol–water partition coefficient (Wildman–Crippen LogP) is 5.40. The quantitative estimate of drug-likeness (QED) is 0.611. The third kappa shape index (κ3) is 3.10. The minimum absolute atomic E-state index is 0.244. The number of hydrogen-bond acceptors (Lipinski definition) is 5. The molecule has 0 fully saturated rings. The van der Waals surface area contributed by atoms with Crippen molar-refractivity contribution in [1.82, 2.24) is 4.98 Å². The van der Waals surface area contributed by atoms with Crippen LogP contribution >= 0.6 is 11.3 Å². The van der Waals surface area contributed by atoms with Crippen LogP contribution in [-0.4, -0.2) is 21.9 Å². The van der Waals surface area contributed by atoms with Gasteiger partial charge in [0.1, 0.15) is 0 Å². The van der Waals surface area contributed by atoms with Crippen molar-refractivity contribution in [3.05, 3.63) is 70.0 Å². The number of hydrogen-bond donors (Lipinski definition) is 2. The van der Waals surface area contributed by atoms with Crippen LogP contribution in [0.25, 0.3) is 11.3 Å². The van der Waals surface area contributed by atoms with Gasteiger partial charge in [-0.15, -0.1) is 11.3 Å². The molecule has 1 aliphatic heterocycles. The van der Waals surface area contributed by atoms with Crippen molar-refractivity contribution < 1.29 is 9.90 Å². The lowest BCUT2D eigenvalue weighted by atomic mass is 9.83. The highest BCUT2D eigenvalue weighted by atomic mass is 32.1. The first kappa shape index (κ1) is 18.4. The molecule has 2 N–H and O–H groups in total. The molecule has 1 aromatic heterocycles. The molecule has 2 aromatic carbocycles. The number of carboxylic acid groups (broad SMARTS) is 1. The summed E-state index contributed by atoms with van der Waals surface area (Å²) >= 11 is 1.54. The van der Waals surface area contributed by atoms with E-state index >= 15 is 0 Å². The Morgan fingerprint density at radius 3 is 2.50 bits per heavy atom. The number of aliphatic imine (C=N–C) groups is 1. The topological polar surface area (TPSA) is 74.6 Å². The summed E-state index contributed by atoms with van der Waals surface area (Å²) in [7, 11) is 0. The average molecular weight is 391 g/mol. The largest absolute Gasteiger partial charge is 0.478 e. The van der Waals surface area contributed by atoms with Gasteiger partial charge < -0.3 is 10.4 Å². The first-order valence-electron chi connectivity index (χ1n) is 9.32. The third-order valence-electron chi connectivity index (χ3n) is 5.31. The van der Waals surface area contributed by atoms with Crippen molar-refractivity contribution in [3.8, 4) is 11.3 Å². The molecule has 0 amide bonds. The number of carbonyl (C=O) groups is 1. The normalized spacial score (nSPS) is 14.7. The van der Waals surface area contributed by atoms with Crippen LogP contribution in [0, 0.1) is 0 Å². The number of aromatic carboxylic acids is 1. The number of amidine groups is 1. The fourth-order valence-electron chi connectivity index (χ4n) is 3.62. The average Bonchev–Trinajstić information content (AvgIpc) is 3.23. The molecule has 5 nitrogen and oxygen atoms in total. The van der Waals surface area contributed by atoms with Gasteiger partial charge in [0, 0.05) is 22.2 Å². The Morgan fingerprint density at radius 2 is 1.82 bits per heavy atom. The van der Waals surface area contributed by atoms with Crippen LogP contribution in [0.2, 0.25) is 0 Å². The molecule has 4 rings (SSSR count). The SMILES string of the molecule is CCC1(CC)N=C(c2nc(-c3ccc(C(=O)O)cc3)cs2)Nc2ccccc21. The molecule has 0 atom stereocenters. The molecule has 1 aliphatic rings. The minimum Gasteiger partial charge on any atom is -0.478 e. The fraction of sp³-hybridized carbons (Fsp3) is 0.227. The lowest BCUT2D eigenvalue weighted by molar-refractivity contribution is 0.0697. The Labute approximate surface area is 167 Å². The molecule has 28 heavy (non-hydrogen) atoms. The van der Waals surface area contributed by atoms with Crippen LogP contribution in [-0.2, 0) is 5.54 Å². The molecule has 0 saturated heterocycles. The van der Waals surface area contributed by atoms with Gasteiger partial charge in [0.15, 0.2) is 10.8 Å². The summed E-state index contributed by atoms with van der Waals surface area (Å²) in [5.41, 5.74) is 4.04. The minimum atomic E-state index is -0.930. The highest BCUT2D eigenvalue weighted by Gasteiger charge is 2.35. The van der Waals surface area contributed by atoms with E-state index in [1.165, 1.54) is 16.9 Å². The molecular weight excluding hydrogens is 370 g/mol. The second kappa shape index (κ2) is 7.20.